The number of hydrogen-bond donors (Lipinski definition) is 3. The summed E-state index contributed by atoms with van der Waals surface area (Å²) in [6, 6.07) is 18.6. The molecule has 1 aliphatic rings. The lowest BCUT2D eigenvalue weighted by atomic mass is 10.2. The van der Waals surface area contributed by atoms with Crippen LogP contribution in [0.5, 0.6) is 0 Å². The Morgan fingerprint density at radius 2 is 1.78 bits per heavy atom. The molecule has 0 saturated carbocycles. The van der Waals surface area contributed by atoms with Gasteiger partial charge >= 0.3 is 5.97 Å². The van der Waals surface area contributed by atoms with Gasteiger partial charge < -0.3 is 30.4 Å². The van der Waals surface area contributed by atoms with Crippen molar-refractivity contribution in [3.8, 4) is 0 Å². The van der Waals surface area contributed by atoms with E-state index in [2.05, 4.69) is 10.6 Å². The van der Waals surface area contributed by atoms with Crippen LogP contribution in [-0.4, -0.2) is 41.3 Å². The highest BCUT2D eigenvalue weighted by atomic mass is 35.5. The fraction of sp³-hybridized carbons (Fsp3) is 0.231. The Kier molecular flexibility index (Phi) is 9.82. The number of carbonyl (C=O) groups is 3. The Morgan fingerprint density at radius 3 is 2.41 bits per heavy atom. The molecule has 0 bridgehead atoms. The van der Waals surface area contributed by atoms with Crippen molar-refractivity contribution in [1.82, 2.24) is 9.88 Å². The lowest BCUT2D eigenvalue weighted by molar-refractivity contribution is -0.164. The molecule has 0 aliphatic carbocycles. The van der Waals surface area contributed by atoms with Crippen molar-refractivity contribution in [2.75, 3.05) is 17.7 Å². The van der Waals surface area contributed by atoms with Crippen LogP contribution in [0.2, 0.25) is 5.02 Å². The molecule has 194 valence electrons. The predicted molar refractivity (Wildman–Crippen MR) is 139 cm³/mol. The van der Waals surface area contributed by atoms with Crippen LogP contribution in [0.1, 0.15) is 23.7 Å². The molecule has 10 nitrogen and oxygen atoms in total. The fourth-order valence-corrected chi connectivity index (χ4v) is 3.56. The molecule has 0 spiro atoms. The standard InChI is InChI=1S/C20H21ClN4O6.C6H6/c1-2-30-20-15(9-17(27)31-20)23-16(26)10-25-7-3-4-14(19(25)29)24-18(28)11-5-6-13(22)12(21)8-11;1-2-4-6-5-3-1/h3-8,15,20H,2,9-10,22H2,1H3,(H,23,26)(H,24,28);1-6H. The van der Waals surface area contributed by atoms with Crippen molar-refractivity contribution >= 4 is 40.8 Å². The zero-order chi connectivity index (χ0) is 26.8. The number of carbonyl (C=O) groups excluding carboxylic acids is 3. The summed E-state index contributed by atoms with van der Waals surface area (Å²) in [5, 5.41) is 5.35. The SMILES string of the molecule is CCOC1OC(=O)CC1NC(=O)Cn1cccc(NC(=O)c2ccc(N)c(Cl)c2)c1=O.c1ccccc1. The van der Waals surface area contributed by atoms with Crippen molar-refractivity contribution in [3.63, 3.8) is 0 Å². The number of ether oxygens (including phenoxy) is 2. The second-order valence-electron chi connectivity index (χ2n) is 7.89. The van der Waals surface area contributed by atoms with Gasteiger partial charge in [-0.1, -0.05) is 48.0 Å². The molecule has 2 atom stereocenters. The first-order valence-corrected chi connectivity index (χ1v) is 11.8. The smallest absolute Gasteiger partial charge is 0.310 e. The van der Waals surface area contributed by atoms with Crippen LogP contribution in [0.15, 0.2) is 77.7 Å². The topological polar surface area (TPSA) is 142 Å². The quantitative estimate of drug-likeness (QED) is 0.317. The zero-order valence-electron chi connectivity index (χ0n) is 20.1. The van der Waals surface area contributed by atoms with Crippen molar-refractivity contribution in [2.45, 2.75) is 32.2 Å². The number of cyclic esters (lactones) is 1. The average Bonchev–Trinajstić information content (AvgIpc) is 3.23. The van der Waals surface area contributed by atoms with Crippen LogP contribution in [0.4, 0.5) is 11.4 Å². The first kappa shape index (κ1) is 27.4. The lowest BCUT2D eigenvalue weighted by Gasteiger charge is -2.18. The molecule has 1 aromatic heterocycles. The number of nitrogens with zero attached hydrogens (tertiary/aromatic N) is 1. The number of halogens is 1. The molecule has 2 aromatic carbocycles. The molecule has 0 radical (unpaired) electrons. The third-order valence-corrected chi connectivity index (χ3v) is 5.48. The van der Waals surface area contributed by atoms with Gasteiger partial charge in [0.25, 0.3) is 11.5 Å². The number of hydrogen-bond acceptors (Lipinski definition) is 7. The van der Waals surface area contributed by atoms with Gasteiger partial charge in [-0.2, -0.15) is 0 Å². The van der Waals surface area contributed by atoms with E-state index in [1.807, 2.05) is 36.4 Å². The molecule has 1 aliphatic heterocycles. The average molecular weight is 527 g/mol. The lowest BCUT2D eigenvalue weighted by Crippen LogP contribution is -2.44. The normalized spacial score (nSPS) is 16.2. The van der Waals surface area contributed by atoms with E-state index in [-0.39, 0.29) is 29.2 Å². The number of nitrogens with two attached hydrogens (primary N) is 1. The molecule has 2 amide bonds. The molecule has 11 heteroatoms. The number of aromatic nitrogens is 1. The van der Waals surface area contributed by atoms with Gasteiger partial charge in [0, 0.05) is 18.4 Å². The summed E-state index contributed by atoms with van der Waals surface area (Å²) < 4.78 is 11.4. The minimum absolute atomic E-state index is 0.0141. The maximum atomic E-state index is 12.7. The van der Waals surface area contributed by atoms with Gasteiger partial charge in [0.1, 0.15) is 18.3 Å². The van der Waals surface area contributed by atoms with Crippen molar-refractivity contribution in [3.05, 3.63) is 93.9 Å². The summed E-state index contributed by atoms with van der Waals surface area (Å²) >= 11 is 5.93. The van der Waals surface area contributed by atoms with Crippen molar-refractivity contribution in [1.29, 1.82) is 0 Å². The van der Waals surface area contributed by atoms with E-state index < -0.39 is 35.7 Å². The van der Waals surface area contributed by atoms with Gasteiger partial charge in [0.2, 0.25) is 12.2 Å². The van der Waals surface area contributed by atoms with Gasteiger partial charge in [-0.15, -0.1) is 0 Å². The highest BCUT2D eigenvalue weighted by molar-refractivity contribution is 6.33. The van der Waals surface area contributed by atoms with Crippen molar-refractivity contribution in [2.24, 2.45) is 0 Å². The number of nitrogens with one attached hydrogen (secondary N) is 2. The maximum Gasteiger partial charge on any atom is 0.310 e. The zero-order valence-corrected chi connectivity index (χ0v) is 20.8. The molecule has 1 fully saturated rings. The Labute approximate surface area is 218 Å². The first-order chi connectivity index (χ1) is 17.8. The van der Waals surface area contributed by atoms with Crippen LogP contribution >= 0.6 is 11.6 Å². The molecule has 2 unspecified atom stereocenters. The summed E-state index contributed by atoms with van der Waals surface area (Å²) in [4.78, 5) is 49.0. The van der Waals surface area contributed by atoms with E-state index in [1.165, 1.54) is 36.5 Å². The Hall–Kier alpha value is -4.15. The number of anilines is 2. The van der Waals surface area contributed by atoms with E-state index in [0.717, 1.165) is 4.57 Å². The predicted octanol–water partition coefficient (Wildman–Crippen LogP) is 2.82. The second-order valence-corrected chi connectivity index (χ2v) is 8.30. The monoisotopic (exact) mass is 526 g/mol. The van der Waals surface area contributed by atoms with Crippen LogP contribution in [-0.2, 0) is 25.6 Å². The van der Waals surface area contributed by atoms with Gasteiger partial charge in [-0.05, 0) is 37.3 Å². The van der Waals surface area contributed by atoms with Crippen LogP contribution in [0.25, 0.3) is 0 Å². The van der Waals surface area contributed by atoms with E-state index in [0.29, 0.717) is 12.3 Å². The van der Waals surface area contributed by atoms with Crippen LogP contribution < -0.4 is 21.9 Å². The largest absolute Gasteiger partial charge is 0.433 e. The van der Waals surface area contributed by atoms with E-state index >= 15 is 0 Å². The summed E-state index contributed by atoms with van der Waals surface area (Å²) in [7, 11) is 0. The molecular weight excluding hydrogens is 500 g/mol. The molecular formula is C26H27ClN4O6. The first-order valence-electron chi connectivity index (χ1n) is 11.4. The summed E-state index contributed by atoms with van der Waals surface area (Å²) in [5.74, 6) is -1.54. The minimum Gasteiger partial charge on any atom is -0.433 e. The summed E-state index contributed by atoms with van der Waals surface area (Å²) in [6.45, 7) is 1.73. The number of pyridine rings is 1. The number of amides is 2. The minimum atomic E-state index is -0.865. The second kappa shape index (κ2) is 13.2. The van der Waals surface area contributed by atoms with Gasteiger partial charge in [0.15, 0.2) is 0 Å². The number of esters is 1. The van der Waals surface area contributed by atoms with Crippen LogP contribution in [0, 0.1) is 0 Å². The number of rotatable bonds is 7. The summed E-state index contributed by atoms with van der Waals surface area (Å²) in [6.07, 6.45) is 0.523. The van der Waals surface area contributed by atoms with Crippen molar-refractivity contribution < 1.29 is 23.9 Å². The van der Waals surface area contributed by atoms with E-state index in [4.69, 9.17) is 26.8 Å². The van der Waals surface area contributed by atoms with Gasteiger partial charge in [-0.25, -0.2) is 0 Å². The molecule has 37 heavy (non-hydrogen) atoms. The highest BCUT2D eigenvalue weighted by Crippen LogP contribution is 2.20. The molecule has 3 aromatic rings. The van der Waals surface area contributed by atoms with Gasteiger partial charge in [0.05, 0.1) is 17.1 Å². The maximum absolute atomic E-state index is 12.7. The Morgan fingerprint density at radius 1 is 1.11 bits per heavy atom. The number of benzene rings is 2. The molecule has 1 saturated heterocycles. The fourth-order valence-electron chi connectivity index (χ4n) is 3.38. The molecule has 4 rings (SSSR count). The van der Waals surface area contributed by atoms with E-state index in [9.17, 15) is 19.2 Å². The van der Waals surface area contributed by atoms with E-state index in [1.54, 1.807) is 6.92 Å². The third kappa shape index (κ3) is 7.92. The third-order valence-electron chi connectivity index (χ3n) is 5.15. The molecule has 2 heterocycles. The van der Waals surface area contributed by atoms with Gasteiger partial charge in [-0.3, -0.25) is 19.2 Å². The summed E-state index contributed by atoms with van der Waals surface area (Å²) in [5.41, 5.74) is 5.59. The number of nitrogen functional groups attached to an aromatic ring is 1. The highest BCUT2D eigenvalue weighted by Gasteiger charge is 2.36. The Bertz CT molecular complexity index is 1270. The Balaban J connectivity index is 0.000000555. The van der Waals surface area contributed by atoms with Crippen LogP contribution in [0.3, 0.4) is 0 Å². The molecule has 4 N–H and O–H groups in total.